The zero-order chi connectivity index (χ0) is 16.4. The zero-order valence-electron chi connectivity index (χ0n) is 13.4. The molecule has 118 valence electrons. The van der Waals surface area contributed by atoms with Crippen LogP contribution in [-0.4, -0.2) is 27.4 Å². The molecule has 3 rings (SSSR count). The van der Waals surface area contributed by atoms with Gasteiger partial charge in [0.25, 0.3) is 5.91 Å². The van der Waals surface area contributed by atoms with Crippen molar-refractivity contribution in [2.24, 2.45) is 0 Å². The third-order valence-electron chi connectivity index (χ3n) is 3.63. The first kappa shape index (κ1) is 15.6. The second kappa shape index (κ2) is 6.42. The van der Waals surface area contributed by atoms with E-state index in [0.29, 0.717) is 12.1 Å². The van der Waals surface area contributed by atoms with E-state index in [2.05, 4.69) is 20.3 Å². The average Bonchev–Trinajstić information content (AvgIpc) is 2.93. The summed E-state index contributed by atoms with van der Waals surface area (Å²) < 4.78 is 0. The van der Waals surface area contributed by atoms with Crippen LogP contribution in [-0.2, 0) is 6.42 Å². The molecule has 0 radical (unpaired) electrons. The fraction of sp³-hybridized carbons (Fsp3) is 0.294. The highest BCUT2D eigenvalue weighted by molar-refractivity contribution is 7.11. The van der Waals surface area contributed by atoms with Crippen LogP contribution in [0.2, 0.25) is 0 Å². The average molecular weight is 326 g/mol. The number of rotatable bonds is 4. The summed E-state index contributed by atoms with van der Waals surface area (Å²) in [6.07, 6.45) is 2.60. The van der Waals surface area contributed by atoms with Crippen molar-refractivity contribution in [3.05, 3.63) is 51.2 Å². The van der Waals surface area contributed by atoms with Gasteiger partial charge in [-0.2, -0.15) is 0 Å². The SMILES string of the molecule is Cc1cnc(CCNC(=O)c2ccc3nc(C)c(C)nc3c2)s1. The quantitative estimate of drug-likeness (QED) is 0.800. The van der Waals surface area contributed by atoms with E-state index >= 15 is 0 Å². The van der Waals surface area contributed by atoms with Crippen molar-refractivity contribution < 1.29 is 4.79 Å². The number of benzene rings is 1. The Morgan fingerprint density at radius 3 is 2.57 bits per heavy atom. The molecule has 2 heterocycles. The number of carbonyl (C=O) groups excluding carboxylic acids is 1. The molecule has 2 aromatic heterocycles. The van der Waals surface area contributed by atoms with Crippen molar-refractivity contribution in [3.63, 3.8) is 0 Å². The van der Waals surface area contributed by atoms with Gasteiger partial charge in [-0.05, 0) is 39.0 Å². The van der Waals surface area contributed by atoms with Gasteiger partial charge in [0.15, 0.2) is 0 Å². The van der Waals surface area contributed by atoms with E-state index in [1.807, 2.05) is 33.0 Å². The number of hydrogen-bond acceptors (Lipinski definition) is 5. The maximum absolute atomic E-state index is 12.3. The summed E-state index contributed by atoms with van der Waals surface area (Å²) in [5.41, 5.74) is 3.95. The van der Waals surface area contributed by atoms with Gasteiger partial charge in [-0.3, -0.25) is 4.79 Å². The number of thiazole rings is 1. The van der Waals surface area contributed by atoms with Gasteiger partial charge in [-0.1, -0.05) is 0 Å². The third-order valence-corrected chi connectivity index (χ3v) is 4.60. The maximum Gasteiger partial charge on any atom is 0.251 e. The third kappa shape index (κ3) is 3.53. The summed E-state index contributed by atoms with van der Waals surface area (Å²) in [5.74, 6) is -0.0970. The van der Waals surface area contributed by atoms with E-state index in [1.54, 1.807) is 23.5 Å². The first-order valence-corrected chi connectivity index (χ1v) is 8.29. The lowest BCUT2D eigenvalue weighted by Crippen LogP contribution is -2.25. The topological polar surface area (TPSA) is 67.8 Å². The van der Waals surface area contributed by atoms with Crippen LogP contribution in [0.5, 0.6) is 0 Å². The van der Waals surface area contributed by atoms with Gasteiger partial charge in [0.1, 0.15) is 0 Å². The first-order valence-electron chi connectivity index (χ1n) is 7.47. The Hall–Kier alpha value is -2.34. The molecule has 6 heteroatoms. The molecule has 23 heavy (non-hydrogen) atoms. The van der Waals surface area contributed by atoms with E-state index in [0.717, 1.165) is 33.8 Å². The van der Waals surface area contributed by atoms with E-state index in [1.165, 1.54) is 4.88 Å². The largest absolute Gasteiger partial charge is 0.352 e. The van der Waals surface area contributed by atoms with Crippen molar-refractivity contribution >= 4 is 28.3 Å². The van der Waals surface area contributed by atoms with E-state index in [9.17, 15) is 4.79 Å². The molecule has 0 unspecified atom stereocenters. The van der Waals surface area contributed by atoms with Crippen LogP contribution in [0, 0.1) is 20.8 Å². The molecule has 0 saturated carbocycles. The summed E-state index contributed by atoms with van der Waals surface area (Å²) in [7, 11) is 0. The molecule has 5 nitrogen and oxygen atoms in total. The van der Waals surface area contributed by atoms with E-state index in [-0.39, 0.29) is 5.91 Å². The van der Waals surface area contributed by atoms with Gasteiger partial charge in [0.2, 0.25) is 0 Å². The normalized spacial score (nSPS) is 10.9. The van der Waals surface area contributed by atoms with Crippen LogP contribution in [0.15, 0.2) is 24.4 Å². The maximum atomic E-state index is 12.3. The Morgan fingerprint density at radius 2 is 1.87 bits per heavy atom. The first-order chi connectivity index (χ1) is 11.0. The highest BCUT2D eigenvalue weighted by Gasteiger charge is 2.09. The van der Waals surface area contributed by atoms with E-state index < -0.39 is 0 Å². The summed E-state index contributed by atoms with van der Waals surface area (Å²) in [6.45, 7) is 6.45. The van der Waals surface area contributed by atoms with Gasteiger partial charge in [-0.15, -0.1) is 11.3 Å². The fourth-order valence-corrected chi connectivity index (χ4v) is 3.06. The molecular weight excluding hydrogens is 308 g/mol. The summed E-state index contributed by atoms with van der Waals surface area (Å²) in [6, 6.07) is 5.42. The fourth-order valence-electron chi connectivity index (χ4n) is 2.27. The number of amides is 1. The van der Waals surface area contributed by atoms with Crippen LogP contribution in [0.3, 0.4) is 0 Å². The minimum atomic E-state index is -0.0970. The minimum absolute atomic E-state index is 0.0970. The van der Waals surface area contributed by atoms with E-state index in [4.69, 9.17) is 0 Å². The predicted molar refractivity (Wildman–Crippen MR) is 91.9 cm³/mol. The molecule has 1 N–H and O–H groups in total. The molecule has 0 aliphatic carbocycles. The number of nitrogens with one attached hydrogen (secondary N) is 1. The number of carbonyl (C=O) groups is 1. The molecule has 3 aromatic rings. The molecule has 0 aliphatic rings. The molecule has 0 aliphatic heterocycles. The van der Waals surface area contributed by atoms with Gasteiger partial charge in [0, 0.05) is 29.6 Å². The van der Waals surface area contributed by atoms with Crippen molar-refractivity contribution in [2.45, 2.75) is 27.2 Å². The lowest BCUT2D eigenvalue weighted by Gasteiger charge is -2.06. The Kier molecular flexibility index (Phi) is 4.34. The molecular formula is C17H18N4OS. The Balaban J connectivity index is 1.69. The summed E-state index contributed by atoms with van der Waals surface area (Å²) in [5, 5.41) is 3.97. The van der Waals surface area contributed by atoms with Crippen molar-refractivity contribution in [3.8, 4) is 0 Å². The highest BCUT2D eigenvalue weighted by atomic mass is 32.1. The Labute approximate surface area is 138 Å². The molecule has 1 amide bonds. The molecule has 1 aromatic carbocycles. The number of fused-ring (bicyclic) bond motifs is 1. The van der Waals surface area contributed by atoms with Crippen LogP contribution in [0.25, 0.3) is 11.0 Å². The van der Waals surface area contributed by atoms with Gasteiger partial charge in [-0.25, -0.2) is 15.0 Å². The van der Waals surface area contributed by atoms with Crippen LogP contribution < -0.4 is 5.32 Å². The van der Waals surface area contributed by atoms with Crippen molar-refractivity contribution in [1.29, 1.82) is 0 Å². The molecule has 0 spiro atoms. The highest BCUT2D eigenvalue weighted by Crippen LogP contribution is 2.15. The second-order valence-electron chi connectivity index (χ2n) is 5.47. The van der Waals surface area contributed by atoms with Gasteiger partial charge < -0.3 is 5.32 Å². The monoisotopic (exact) mass is 326 g/mol. The van der Waals surface area contributed by atoms with Crippen LogP contribution >= 0.6 is 11.3 Å². The molecule has 0 saturated heterocycles. The van der Waals surface area contributed by atoms with Gasteiger partial charge >= 0.3 is 0 Å². The van der Waals surface area contributed by atoms with Crippen molar-refractivity contribution in [2.75, 3.05) is 6.54 Å². The summed E-state index contributed by atoms with van der Waals surface area (Å²) in [4.78, 5) is 26.7. The molecule has 0 fully saturated rings. The van der Waals surface area contributed by atoms with Crippen LogP contribution in [0.1, 0.15) is 31.6 Å². The number of hydrogen-bond donors (Lipinski definition) is 1. The second-order valence-corrected chi connectivity index (χ2v) is 6.79. The van der Waals surface area contributed by atoms with Crippen molar-refractivity contribution in [1.82, 2.24) is 20.3 Å². The zero-order valence-corrected chi connectivity index (χ0v) is 14.2. The van der Waals surface area contributed by atoms with Gasteiger partial charge in [0.05, 0.1) is 27.4 Å². The van der Waals surface area contributed by atoms with Crippen LogP contribution in [0.4, 0.5) is 0 Å². The number of nitrogens with zero attached hydrogens (tertiary/aromatic N) is 3. The minimum Gasteiger partial charge on any atom is -0.352 e. The Morgan fingerprint density at radius 1 is 1.13 bits per heavy atom. The predicted octanol–water partition coefficient (Wildman–Crippen LogP) is 2.98. The standard InChI is InChI=1S/C17H18N4OS/c1-10-9-19-16(23-10)6-7-18-17(22)13-4-5-14-15(8-13)21-12(3)11(2)20-14/h4-5,8-9H,6-7H2,1-3H3,(H,18,22). The number of aromatic nitrogens is 3. The smallest absolute Gasteiger partial charge is 0.251 e. The Bertz CT molecular complexity index is 872. The summed E-state index contributed by atoms with van der Waals surface area (Å²) >= 11 is 1.66. The molecule has 0 bridgehead atoms. The lowest BCUT2D eigenvalue weighted by molar-refractivity contribution is 0.0954. The molecule has 0 atom stereocenters. The number of aryl methyl sites for hydroxylation is 3. The lowest BCUT2D eigenvalue weighted by atomic mass is 10.1.